The molecule has 0 bridgehead atoms. The second-order valence-corrected chi connectivity index (χ2v) is 5.35. The molecule has 0 radical (unpaired) electrons. The monoisotopic (exact) mass is 309 g/mol. The van der Waals surface area contributed by atoms with Crippen LogP contribution >= 0.6 is 23.2 Å². The van der Waals surface area contributed by atoms with Gasteiger partial charge in [0, 0.05) is 16.6 Å². The van der Waals surface area contributed by atoms with Crippen molar-refractivity contribution in [1.82, 2.24) is 0 Å². The molecule has 2 nitrogen and oxygen atoms in total. The normalized spacial score (nSPS) is 10.4. The van der Waals surface area contributed by atoms with Gasteiger partial charge >= 0.3 is 0 Å². The Kier molecular flexibility index (Phi) is 5.16. The third-order valence-electron chi connectivity index (χ3n) is 2.96. The molecular weight excluding hydrogens is 293 g/mol. The Morgan fingerprint density at radius 2 is 1.90 bits per heavy atom. The lowest BCUT2D eigenvalue weighted by Gasteiger charge is -2.13. The van der Waals surface area contributed by atoms with E-state index in [9.17, 15) is 0 Å². The summed E-state index contributed by atoms with van der Waals surface area (Å²) in [6.45, 7) is 5.23. The molecule has 2 aromatic rings. The molecule has 4 heteroatoms. The minimum atomic E-state index is 0.618. The maximum Gasteiger partial charge on any atom is 0.142 e. The summed E-state index contributed by atoms with van der Waals surface area (Å²) in [5, 5.41) is 4.79. The van der Waals surface area contributed by atoms with Gasteiger partial charge in [-0.05, 0) is 49.2 Å². The van der Waals surface area contributed by atoms with E-state index in [1.165, 1.54) is 0 Å². The Morgan fingerprint density at radius 3 is 2.60 bits per heavy atom. The van der Waals surface area contributed by atoms with E-state index in [4.69, 9.17) is 27.9 Å². The van der Waals surface area contributed by atoms with Crippen molar-refractivity contribution in [2.24, 2.45) is 0 Å². The summed E-state index contributed by atoms with van der Waals surface area (Å²) in [7, 11) is 0. The van der Waals surface area contributed by atoms with Crippen molar-refractivity contribution in [3.8, 4) is 5.75 Å². The number of aryl methyl sites for hydroxylation is 1. The minimum absolute atomic E-state index is 0.618. The molecule has 0 saturated heterocycles. The van der Waals surface area contributed by atoms with Crippen LogP contribution in [0.4, 0.5) is 5.69 Å². The zero-order chi connectivity index (χ0) is 14.5. The van der Waals surface area contributed by atoms with Crippen LogP contribution in [0.1, 0.15) is 18.1 Å². The van der Waals surface area contributed by atoms with Crippen LogP contribution in [0.25, 0.3) is 0 Å². The largest absolute Gasteiger partial charge is 0.492 e. The summed E-state index contributed by atoms with van der Waals surface area (Å²) < 4.78 is 5.58. The summed E-state index contributed by atoms with van der Waals surface area (Å²) in [5.41, 5.74) is 3.08. The van der Waals surface area contributed by atoms with Crippen molar-refractivity contribution in [2.45, 2.75) is 20.4 Å². The second kappa shape index (κ2) is 6.87. The molecule has 0 heterocycles. The Labute approximate surface area is 129 Å². The van der Waals surface area contributed by atoms with Crippen LogP contribution in [-0.4, -0.2) is 6.61 Å². The van der Waals surface area contributed by atoms with Crippen molar-refractivity contribution in [3.63, 3.8) is 0 Å². The molecule has 0 spiro atoms. The maximum absolute atomic E-state index is 6.13. The molecule has 0 amide bonds. The first-order valence-corrected chi connectivity index (χ1v) is 7.27. The molecule has 0 aliphatic rings. The average Bonchev–Trinajstić information content (AvgIpc) is 2.43. The van der Waals surface area contributed by atoms with Gasteiger partial charge in [-0.15, -0.1) is 0 Å². The van der Waals surface area contributed by atoms with Crippen LogP contribution in [0.5, 0.6) is 5.75 Å². The van der Waals surface area contributed by atoms with Crippen molar-refractivity contribution in [1.29, 1.82) is 0 Å². The molecule has 0 atom stereocenters. The Bertz CT molecular complexity index is 599. The summed E-state index contributed by atoms with van der Waals surface area (Å²) in [4.78, 5) is 0. The fraction of sp³-hybridized carbons (Fsp3) is 0.250. The third kappa shape index (κ3) is 3.81. The number of hydrogen-bond donors (Lipinski definition) is 1. The molecule has 0 aliphatic carbocycles. The molecule has 20 heavy (non-hydrogen) atoms. The van der Waals surface area contributed by atoms with Gasteiger partial charge in [-0.1, -0.05) is 35.3 Å². The highest BCUT2D eigenvalue weighted by Gasteiger charge is 2.05. The number of anilines is 1. The fourth-order valence-corrected chi connectivity index (χ4v) is 2.24. The van der Waals surface area contributed by atoms with E-state index in [1.807, 2.05) is 44.2 Å². The van der Waals surface area contributed by atoms with Gasteiger partial charge in [-0.3, -0.25) is 0 Å². The highest BCUT2D eigenvalue weighted by Crippen LogP contribution is 2.28. The highest BCUT2D eigenvalue weighted by molar-refractivity contribution is 6.31. The van der Waals surface area contributed by atoms with E-state index in [2.05, 4.69) is 11.4 Å². The SMILES string of the molecule is CCOc1ccc(Cl)cc1NCc1ccc(C)c(Cl)c1. The van der Waals surface area contributed by atoms with Crippen LogP contribution in [0.2, 0.25) is 10.0 Å². The summed E-state index contributed by atoms with van der Waals surface area (Å²) >= 11 is 12.2. The van der Waals surface area contributed by atoms with Crippen molar-refractivity contribution < 1.29 is 4.74 Å². The van der Waals surface area contributed by atoms with Crippen LogP contribution in [0, 0.1) is 6.92 Å². The van der Waals surface area contributed by atoms with E-state index in [1.54, 1.807) is 0 Å². The molecule has 2 rings (SSSR count). The lowest BCUT2D eigenvalue weighted by molar-refractivity contribution is 0.341. The first-order valence-electron chi connectivity index (χ1n) is 6.51. The number of rotatable bonds is 5. The van der Waals surface area contributed by atoms with E-state index < -0.39 is 0 Å². The number of nitrogens with one attached hydrogen (secondary N) is 1. The van der Waals surface area contributed by atoms with Crippen LogP contribution in [0.3, 0.4) is 0 Å². The van der Waals surface area contributed by atoms with Gasteiger partial charge in [0.2, 0.25) is 0 Å². The topological polar surface area (TPSA) is 21.3 Å². The Hall–Kier alpha value is -1.38. The molecule has 0 unspecified atom stereocenters. The van der Waals surface area contributed by atoms with Crippen molar-refractivity contribution >= 4 is 28.9 Å². The van der Waals surface area contributed by atoms with Gasteiger partial charge in [0.15, 0.2) is 0 Å². The molecule has 0 aromatic heterocycles. The van der Waals surface area contributed by atoms with Gasteiger partial charge in [0.05, 0.1) is 12.3 Å². The molecule has 2 aromatic carbocycles. The molecule has 106 valence electrons. The minimum Gasteiger partial charge on any atom is -0.492 e. The van der Waals surface area contributed by atoms with Gasteiger partial charge in [0.1, 0.15) is 5.75 Å². The predicted octanol–water partition coefficient (Wildman–Crippen LogP) is 5.31. The molecule has 0 fully saturated rings. The lowest BCUT2D eigenvalue weighted by Crippen LogP contribution is -2.03. The number of ether oxygens (including phenoxy) is 1. The van der Waals surface area contributed by atoms with Gasteiger partial charge in [0.25, 0.3) is 0 Å². The number of hydrogen-bond acceptors (Lipinski definition) is 2. The second-order valence-electron chi connectivity index (χ2n) is 4.51. The van der Waals surface area contributed by atoms with Gasteiger partial charge in [-0.2, -0.15) is 0 Å². The van der Waals surface area contributed by atoms with Crippen LogP contribution in [-0.2, 0) is 6.54 Å². The number of halogens is 2. The quantitative estimate of drug-likeness (QED) is 0.807. The molecule has 0 saturated carbocycles. The predicted molar refractivity (Wildman–Crippen MR) is 86.1 cm³/mol. The molecule has 1 N–H and O–H groups in total. The summed E-state index contributed by atoms with van der Waals surface area (Å²) in [5.74, 6) is 0.801. The average molecular weight is 310 g/mol. The maximum atomic E-state index is 6.13. The summed E-state index contributed by atoms with van der Waals surface area (Å²) in [6.07, 6.45) is 0. The highest BCUT2D eigenvalue weighted by atomic mass is 35.5. The lowest BCUT2D eigenvalue weighted by atomic mass is 10.1. The molecule has 0 aliphatic heterocycles. The third-order valence-corrected chi connectivity index (χ3v) is 3.60. The Balaban J connectivity index is 2.13. The Morgan fingerprint density at radius 1 is 1.10 bits per heavy atom. The smallest absolute Gasteiger partial charge is 0.142 e. The molecular formula is C16H17Cl2NO. The van der Waals surface area contributed by atoms with E-state index in [-0.39, 0.29) is 0 Å². The van der Waals surface area contributed by atoms with Gasteiger partial charge in [-0.25, -0.2) is 0 Å². The first kappa shape index (κ1) is 15.0. The van der Waals surface area contributed by atoms with E-state index >= 15 is 0 Å². The van der Waals surface area contributed by atoms with E-state index in [0.29, 0.717) is 18.2 Å². The van der Waals surface area contributed by atoms with Crippen molar-refractivity contribution in [3.05, 3.63) is 57.6 Å². The van der Waals surface area contributed by atoms with Crippen molar-refractivity contribution in [2.75, 3.05) is 11.9 Å². The van der Waals surface area contributed by atoms with E-state index in [0.717, 1.165) is 27.6 Å². The first-order chi connectivity index (χ1) is 9.60. The zero-order valence-corrected chi connectivity index (χ0v) is 13.1. The fourth-order valence-electron chi connectivity index (χ4n) is 1.87. The summed E-state index contributed by atoms with van der Waals surface area (Å²) in [6, 6.07) is 11.6. The standard InChI is InChI=1S/C16H17Cl2NO/c1-3-20-16-7-6-13(17)9-15(16)19-10-12-5-4-11(2)14(18)8-12/h4-9,19H,3,10H2,1-2H3. The van der Waals surface area contributed by atoms with Crippen LogP contribution < -0.4 is 10.1 Å². The van der Waals surface area contributed by atoms with Crippen LogP contribution in [0.15, 0.2) is 36.4 Å². The zero-order valence-electron chi connectivity index (χ0n) is 11.5. The van der Waals surface area contributed by atoms with Gasteiger partial charge < -0.3 is 10.1 Å². The number of benzene rings is 2.